The fraction of sp³-hybridized carbons (Fsp3) is 0.300. The monoisotopic (exact) mass is 195 g/mol. The van der Waals surface area contributed by atoms with E-state index in [1.54, 1.807) is 31.2 Å². The number of benzene rings is 1. The molecule has 0 heterocycles. The van der Waals surface area contributed by atoms with Crippen LogP contribution in [0.4, 0.5) is 0 Å². The van der Waals surface area contributed by atoms with Crippen LogP contribution in [0.1, 0.15) is 18.4 Å². The number of aliphatic hydroxyl groups excluding tert-OH is 1. The Hall–Kier alpha value is -1.04. The molecule has 1 N–H and O–H groups in total. The molecule has 0 saturated heterocycles. The minimum atomic E-state index is -0.704. The van der Waals surface area contributed by atoms with Gasteiger partial charge in [0.05, 0.1) is 18.1 Å². The van der Waals surface area contributed by atoms with Crippen LogP contribution in [0, 0.1) is 11.3 Å². The van der Waals surface area contributed by atoms with E-state index < -0.39 is 12.0 Å². The number of hydrogen-bond acceptors (Lipinski definition) is 2. The predicted molar refractivity (Wildman–Crippen MR) is 51.5 cm³/mol. The number of halogens is 1. The van der Waals surface area contributed by atoms with Gasteiger partial charge in [0.2, 0.25) is 0 Å². The van der Waals surface area contributed by atoms with Gasteiger partial charge in [-0.3, -0.25) is 0 Å². The van der Waals surface area contributed by atoms with Crippen molar-refractivity contribution in [3.63, 3.8) is 0 Å². The van der Waals surface area contributed by atoms with Gasteiger partial charge in [-0.1, -0.05) is 29.8 Å². The van der Waals surface area contributed by atoms with Crippen LogP contribution in [0.15, 0.2) is 24.3 Å². The molecule has 1 aromatic carbocycles. The molecule has 0 aromatic heterocycles. The molecule has 3 heteroatoms. The predicted octanol–water partition coefficient (Wildman–Crippen LogP) is 2.33. The zero-order chi connectivity index (χ0) is 9.84. The fourth-order valence-electron chi connectivity index (χ4n) is 1.16. The molecule has 0 aliphatic rings. The first-order valence-electron chi connectivity index (χ1n) is 3.99. The Balaban J connectivity index is 3.07. The Bertz CT molecular complexity index is 330. The third kappa shape index (κ3) is 2.21. The third-order valence-electron chi connectivity index (χ3n) is 1.86. The highest BCUT2D eigenvalue weighted by Gasteiger charge is 2.18. The lowest BCUT2D eigenvalue weighted by Crippen LogP contribution is -2.12. The largest absolute Gasteiger partial charge is 0.392 e. The maximum absolute atomic E-state index is 9.31. The van der Waals surface area contributed by atoms with Gasteiger partial charge >= 0.3 is 0 Å². The number of nitriles is 1. The van der Waals surface area contributed by atoms with E-state index in [1.165, 1.54) is 0 Å². The van der Waals surface area contributed by atoms with E-state index in [-0.39, 0.29) is 0 Å². The van der Waals surface area contributed by atoms with Crippen molar-refractivity contribution in [3.05, 3.63) is 34.9 Å². The van der Waals surface area contributed by atoms with Crippen molar-refractivity contribution in [3.8, 4) is 6.07 Å². The van der Waals surface area contributed by atoms with Crippen molar-refractivity contribution in [2.24, 2.45) is 0 Å². The van der Waals surface area contributed by atoms with Crippen LogP contribution in [0.2, 0.25) is 5.02 Å². The SMILES string of the molecule is CC(O)C(C#N)c1ccccc1Cl. The van der Waals surface area contributed by atoms with Crippen molar-refractivity contribution in [1.82, 2.24) is 0 Å². The maximum atomic E-state index is 9.31. The van der Waals surface area contributed by atoms with Crippen molar-refractivity contribution in [2.45, 2.75) is 18.9 Å². The lowest BCUT2D eigenvalue weighted by molar-refractivity contribution is 0.181. The molecule has 0 spiro atoms. The highest BCUT2D eigenvalue weighted by atomic mass is 35.5. The second-order valence-electron chi connectivity index (χ2n) is 2.87. The van der Waals surface area contributed by atoms with Crippen molar-refractivity contribution in [1.29, 1.82) is 5.26 Å². The van der Waals surface area contributed by atoms with Gasteiger partial charge in [0, 0.05) is 5.02 Å². The highest BCUT2D eigenvalue weighted by molar-refractivity contribution is 6.31. The Morgan fingerprint density at radius 3 is 2.54 bits per heavy atom. The molecule has 0 saturated carbocycles. The Morgan fingerprint density at radius 2 is 2.08 bits per heavy atom. The Labute approximate surface area is 82.4 Å². The maximum Gasteiger partial charge on any atom is 0.0983 e. The van der Waals surface area contributed by atoms with E-state index >= 15 is 0 Å². The summed E-state index contributed by atoms with van der Waals surface area (Å²) >= 11 is 5.88. The summed E-state index contributed by atoms with van der Waals surface area (Å²) in [4.78, 5) is 0. The van der Waals surface area contributed by atoms with E-state index in [4.69, 9.17) is 16.9 Å². The van der Waals surface area contributed by atoms with Crippen molar-refractivity contribution in [2.75, 3.05) is 0 Å². The van der Waals surface area contributed by atoms with E-state index in [1.807, 2.05) is 6.07 Å². The number of nitrogens with zero attached hydrogens (tertiary/aromatic N) is 1. The van der Waals surface area contributed by atoms with E-state index in [0.29, 0.717) is 10.6 Å². The van der Waals surface area contributed by atoms with Gasteiger partial charge in [-0.2, -0.15) is 5.26 Å². The van der Waals surface area contributed by atoms with Crippen LogP contribution in [-0.4, -0.2) is 11.2 Å². The second kappa shape index (κ2) is 4.27. The summed E-state index contributed by atoms with van der Waals surface area (Å²) < 4.78 is 0. The topological polar surface area (TPSA) is 44.0 Å². The summed E-state index contributed by atoms with van der Waals surface area (Å²) in [5.74, 6) is -0.548. The molecule has 0 amide bonds. The minimum absolute atomic E-state index is 0.523. The number of hydrogen-bond donors (Lipinski definition) is 1. The second-order valence-corrected chi connectivity index (χ2v) is 3.28. The fourth-order valence-corrected chi connectivity index (χ4v) is 1.42. The molecule has 0 bridgehead atoms. The molecular formula is C10H10ClNO. The molecule has 2 unspecified atom stereocenters. The number of rotatable bonds is 2. The lowest BCUT2D eigenvalue weighted by atomic mass is 9.96. The molecule has 1 aromatic rings. The minimum Gasteiger partial charge on any atom is -0.392 e. The Morgan fingerprint density at radius 1 is 1.46 bits per heavy atom. The number of aliphatic hydroxyl groups is 1. The first-order valence-corrected chi connectivity index (χ1v) is 4.36. The zero-order valence-electron chi connectivity index (χ0n) is 7.24. The molecular weight excluding hydrogens is 186 g/mol. The quantitative estimate of drug-likeness (QED) is 0.787. The first kappa shape index (κ1) is 10.0. The van der Waals surface area contributed by atoms with Gasteiger partial charge in [-0.15, -0.1) is 0 Å². The van der Waals surface area contributed by atoms with Gasteiger partial charge < -0.3 is 5.11 Å². The van der Waals surface area contributed by atoms with Crippen LogP contribution in [0.25, 0.3) is 0 Å². The lowest BCUT2D eigenvalue weighted by Gasteiger charge is -2.13. The smallest absolute Gasteiger partial charge is 0.0983 e. The third-order valence-corrected chi connectivity index (χ3v) is 2.21. The van der Waals surface area contributed by atoms with Gasteiger partial charge in [0.1, 0.15) is 0 Å². The summed E-state index contributed by atoms with van der Waals surface area (Å²) in [6.45, 7) is 1.58. The van der Waals surface area contributed by atoms with Crippen LogP contribution >= 0.6 is 11.6 Å². The highest BCUT2D eigenvalue weighted by Crippen LogP contribution is 2.26. The molecule has 1 rings (SSSR count). The molecule has 2 atom stereocenters. The van der Waals surface area contributed by atoms with E-state index in [0.717, 1.165) is 0 Å². The summed E-state index contributed by atoms with van der Waals surface area (Å²) in [5, 5.41) is 18.6. The zero-order valence-corrected chi connectivity index (χ0v) is 7.99. The Kier molecular flexibility index (Phi) is 3.30. The van der Waals surface area contributed by atoms with Gasteiger partial charge in [-0.25, -0.2) is 0 Å². The summed E-state index contributed by atoms with van der Waals surface area (Å²) in [6, 6.07) is 9.08. The molecule has 2 nitrogen and oxygen atoms in total. The molecule has 0 fully saturated rings. The van der Waals surface area contributed by atoms with E-state index in [2.05, 4.69) is 0 Å². The first-order chi connectivity index (χ1) is 6.16. The normalized spacial score (nSPS) is 14.6. The van der Waals surface area contributed by atoms with Crippen LogP contribution in [0.3, 0.4) is 0 Å². The van der Waals surface area contributed by atoms with Crippen LogP contribution < -0.4 is 0 Å². The molecule has 13 heavy (non-hydrogen) atoms. The molecule has 0 aliphatic heterocycles. The van der Waals surface area contributed by atoms with Gasteiger partial charge in [-0.05, 0) is 18.6 Å². The van der Waals surface area contributed by atoms with Crippen LogP contribution in [0.5, 0.6) is 0 Å². The average Bonchev–Trinajstić information content (AvgIpc) is 2.09. The summed E-state index contributed by atoms with van der Waals surface area (Å²) in [5.41, 5.74) is 0.682. The van der Waals surface area contributed by atoms with Gasteiger partial charge in [0.25, 0.3) is 0 Å². The summed E-state index contributed by atoms with van der Waals surface area (Å²) in [7, 11) is 0. The molecule has 0 radical (unpaired) electrons. The van der Waals surface area contributed by atoms with Gasteiger partial charge in [0.15, 0.2) is 0 Å². The standard InChI is InChI=1S/C10H10ClNO/c1-7(13)9(6-12)8-4-2-3-5-10(8)11/h2-5,7,9,13H,1H3. The molecule has 0 aliphatic carbocycles. The van der Waals surface area contributed by atoms with Crippen molar-refractivity contribution < 1.29 is 5.11 Å². The molecule has 68 valence electrons. The van der Waals surface area contributed by atoms with Crippen molar-refractivity contribution >= 4 is 11.6 Å². The van der Waals surface area contributed by atoms with Crippen LogP contribution in [-0.2, 0) is 0 Å². The van der Waals surface area contributed by atoms with E-state index in [9.17, 15) is 5.11 Å². The summed E-state index contributed by atoms with van der Waals surface area (Å²) in [6.07, 6.45) is -0.704. The average molecular weight is 196 g/mol.